The fraction of sp³-hybridized carbons (Fsp3) is 0.200. The molecule has 1 aromatic heterocycles. The third-order valence-electron chi connectivity index (χ3n) is 3.59. The van der Waals surface area contributed by atoms with Crippen molar-refractivity contribution in [3.8, 4) is 0 Å². The van der Waals surface area contributed by atoms with Crippen LogP contribution in [0.2, 0.25) is 0 Å². The van der Waals surface area contributed by atoms with E-state index in [0.29, 0.717) is 12.2 Å². The molecule has 1 atom stereocenters. The standard InChI is InChI=1S/C15H16N4O/c1-18-14(13-4-2-3-9-17-13)10-19(15(18)20)12-7-5-11(16)6-8-12/h2-9,14H,10,16H2,1H3. The zero-order valence-corrected chi connectivity index (χ0v) is 11.2. The predicted octanol–water partition coefficient (Wildman–Crippen LogP) is 2.28. The highest BCUT2D eigenvalue weighted by Gasteiger charge is 2.36. The van der Waals surface area contributed by atoms with Gasteiger partial charge in [0, 0.05) is 24.6 Å². The molecule has 1 saturated heterocycles. The van der Waals surface area contributed by atoms with Crippen molar-refractivity contribution in [2.45, 2.75) is 6.04 Å². The van der Waals surface area contributed by atoms with E-state index in [0.717, 1.165) is 11.4 Å². The van der Waals surface area contributed by atoms with Gasteiger partial charge < -0.3 is 10.6 Å². The quantitative estimate of drug-likeness (QED) is 0.850. The number of nitrogens with two attached hydrogens (primary N) is 1. The number of aromatic nitrogens is 1. The fourth-order valence-electron chi connectivity index (χ4n) is 2.43. The number of carbonyl (C=O) groups excluding carboxylic acids is 1. The lowest BCUT2D eigenvalue weighted by molar-refractivity contribution is 0.218. The summed E-state index contributed by atoms with van der Waals surface area (Å²) >= 11 is 0. The number of rotatable bonds is 2. The second-order valence-corrected chi connectivity index (χ2v) is 4.87. The lowest BCUT2D eigenvalue weighted by atomic mass is 10.2. The maximum Gasteiger partial charge on any atom is 0.324 e. The van der Waals surface area contributed by atoms with Crippen LogP contribution in [0.5, 0.6) is 0 Å². The van der Waals surface area contributed by atoms with Crippen molar-refractivity contribution in [2.24, 2.45) is 0 Å². The number of benzene rings is 1. The molecule has 1 unspecified atom stereocenters. The number of amides is 2. The van der Waals surface area contributed by atoms with E-state index in [1.54, 1.807) is 35.2 Å². The van der Waals surface area contributed by atoms with Gasteiger partial charge in [0.05, 0.1) is 18.3 Å². The number of urea groups is 1. The van der Waals surface area contributed by atoms with Gasteiger partial charge in [-0.3, -0.25) is 9.88 Å². The van der Waals surface area contributed by atoms with Crippen LogP contribution in [0.25, 0.3) is 0 Å². The zero-order valence-electron chi connectivity index (χ0n) is 11.2. The minimum absolute atomic E-state index is 0.0228. The Hall–Kier alpha value is -2.56. The topological polar surface area (TPSA) is 62.5 Å². The molecular weight excluding hydrogens is 252 g/mol. The second-order valence-electron chi connectivity index (χ2n) is 4.87. The molecule has 1 fully saturated rings. The minimum Gasteiger partial charge on any atom is -0.399 e. The number of hydrogen-bond donors (Lipinski definition) is 1. The number of hydrogen-bond acceptors (Lipinski definition) is 3. The van der Waals surface area contributed by atoms with Gasteiger partial charge >= 0.3 is 6.03 Å². The normalized spacial score (nSPS) is 18.6. The summed E-state index contributed by atoms with van der Waals surface area (Å²) in [5, 5.41) is 0. The van der Waals surface area contributed by atoms with Crippen molar-refractivity contribution in [3.63, 3.8) is 0 Å². The van der Waals surface area contributed by atoms with E-state index in [2.05, 4.69) is 4.98 Å². The Morgan fingerprint density at radius 2 is 1.95 bits per heavy atom. The largest absolute Gasteiger partial charge is 0.399 e. The maximum atomic E-state index is 12.4. The monoisotopic (exact) mass is 268 g/mol. The molecule has 1 aromatic carbocycles. The summed E-state index contributed by atoms with van der Waals surface area (Å²) in [6, 6.07) is 13.0. The highest BCUT2D eigenvalue weighted by Crippen LogP contribution is 2.30. The number of likely N-dealkylation sites (N-methyl/N-ethyl adjacent to an activating group) is 1. The fourth-order valence-corrected chi connectivity index (χ4v) is 2.43. The summed E-state index contributed by atoms with van der Waals surface area (Å²) < 4.78 is 0. The summed E-state index contributed by atoms with van der Waals surface area (Å²) in [5.74, 6) is 0. The smallest absolute Gasteiger partial charge is 0.324 e. The van der Waals surface area contributed by atoms with Crippen molar-refractivity contribution in [2.75, 3.05) is 24.2 Å². The zero-order chi connectivity index (χ0) is 14.1. The van der Waals surface area contributed by atoms with Crippen molar-refractivity contribution >= 4 is 17.4 Å². The van der Waals surface area contributed by atoms with E-state index in [-0.39, 0.29) is 12.1 Å². The SMILES string of the molecule is CN1C(=O)N(c2ccc(N)cc2)CC1c1ccccn1. The van der Waals surface area contributed by atoms with E-state index >= 15 is 0 Å². The van der Waals surface area contributed by atoms with Crippen molar-refractivity contribution in [1.82, 2.24) is 9.88 Å². The van der Waals surface area contributed by atoms with E-state index in [1.165, 1.54) is 0 Å². The van der Waals surface area contributed by atoms with Crippen molar-refractivity contribution < 1.29 is 4.79 Å². The molecule has 5 heteroatoms. The first-order valence-electron chi connectivity index (χ1n) is 6.47. The molecule has 102 valence electrons. The highest BCUT2D eigenvalue weighted by molar-refractivity contribution is 5.94. The molecule has 5 nitrogen and oxygen atoms in total. The molecule has 0 aliphatic carbocycles. The molecular formula is C15H16N4O. The summed E-state index contributed by atoms with van der Waals surface area (Å²) in [6.45, 7) is 0.594. The van der Waals surface area contributed by atoms with Crippen molar-refractivity contribution in [3.05, 3.63) is 54.4 Å². The first kappa shape index (κ1) is 12.5. The number of pyridine rings is 1. The van der Waals surface area contributed by atoms with Crippen LogP contribution in [-0.2, 0) is 0 Å². The molecule has 0 spiro atoms. The van der Waals surface area contributed by atoms with Gasteiger partial charge in [-0.15, -0.1) is 0 Å². The molecule has 20 heavy (non-hydrogen) atoms. The Balaban J connectivity index is 1.89. The molecule has 2 aromatic rings. The van der Waals surface area contributed by atoms with Gasteiger partial charge in [-0.25, -0.2) is 4.79 Å². The average Bonchev–Trinajstić information content (AvgIpc) is 2.77. The van der Waals surface area contributed by atoms with Crippen LogP contribution in [0.4, 0.5) is 16.2 Å². The summed E-state index contributed by atoms with van der Waals surface area (Å²) in [6.07, 6.45) is 1.75. The Morgan fingerprint density at radius 3 is 2.60 bits per heavy atom. The molecule has 3 rings (SSSR count). The molecule has 0 radical (unpaired) electrons. The van der Waals surface area contributed by atoms with Gasteiger partial charge in [-0.2, -0.15) is 0 Å². The third kappa shape index (κ3) is 2.07. The molecule has 1 aliphatic heterocycles. The van der Waals surface area contributed by atoms with Crippen LogP contribution < -0.4 is 10.6 Å². The molecule has 2 amide bonds. The Bertz CT molecular complexity index is 612. The predicted molar refractivity (Wildman–Crippen MR) is 78.3 cm³/mol. The van der Waals surface area contributed by atoms with E-state index in [1.807, 2.05) is 30.3 Å². The van der Waals surface area contributed by atoms with Crippen LogP contribution in [0.3, 0.4) is 0 Å². The Labute approximate surface area is 117 Å². The lowest BCUT2D eigenvalue weighted by Crippen LogP contribution is -2.29. The van der Waals surface area contributed by atoms with Gasteiger partial charge in [-0.05, 0) is 36.4 Å². The van der Waals surface area contributed by atoms with E-state index < -0.39 is 0 Å². The van der Waals surface area contributed by atoms with Crippen LogP contribution >= 0.6 is 0 Å². The molecule has 2 heterocycles. The molecule has 0 bridgehead atoms. The van der Waals surface area contributed by atoms with E-state index in [4.69, 9.17) is 5.73 Å². The summed E-state index contributed by atoms with van der Waals surface area (Å²) in [4.78, 5) is 20.2. The van der Waals surface area contributed by atoms with Gasteiger partial charge in [0.1, 0.15) is 0 Å². The molecule has 2 N–H and O–H groups in total. The number of nitrogens with zero attached hydrogens (tertiary/aromatic N) is 3. The van der Waals surface area contributed by atoms with Crippen LogP contribution in [0.1, 0.15) is 11.7 Å². The average molecular weight is 268 g/mol. The maximum absolute atomic E-state index is 12.4. The molecule has 0 saturated carbocycles. The van der Waals surface area contributed by atoms with Crippen LogP contribution in [0, 0.1) is 0 Å². The number of nitrogen functional groups attached to an aromatic ring is 1. The van der Waals surface area contributed by atoms with Crippen molar-refractivity contribution in [1.29, 1.82) is 0 Å². The third-order valence-corrected chi connectivity index (χ3v) is 3.59. The van der Waals surface area contributed by atoms with Gasteiger partial charge in [-0.1, -0.05) is 6.07 Å². The molecule has 1 aliphatic rings. The van der Waals surface area contributed by atoms with Gasteiger partial charge in [0.2, 0.25) is 0 Å². The van der Waals surface area contributed by atoms with Gasteiger partial charge in [0.25, 0.3) is 0 Å². The van der Waals surface area contributed by atoms with E-state index in [9.17, 15) is 4.79 Å². The lowest BCUT2D eigenvalue weighted by Gasteiger charge is -2.16. The summed E-state index contributed by atoms with van der Waals surface area (Å²) in [5.41, 5.74) is 8.13. The number of anilines is 2. The van der Waals surface area contributed by atoms with Crippen LogP contribution in [-0.4, -0.2) is 29.5 Å². The number of carbonyl (C=O) groups is 1. The first-order valence-corrected chi connectivity index (χ1v) is 6.47. The second kappa shape index (κ2) is 4.85. The first-order chi connectivity index (χ1) is 9.66. The highest BCUT2D eigenvalue weighted by atomic mass is 16.2. The Kier molecular flexibility index (Phi) is 3.02. The minimum atomic E-state index is -0.0266. The summed E-state index contributed by atoms with van der Waals surface area (Å²) in [7, 11) is 1.80. The van der Waals surface area contributed by atoms with Gasteiger partial charge in [0.15, 0.2) is 0 Å². The van der Waals surface area contributed by atoms with Crippen LogP contribution in [0.15, 0.2) is 48.7 Å². The Morgan fingerprint density at radius 1 is 1.20 bits per heavy atom.